The molecule has 2 aromatic carbocycles. The summed E-state index contributed by atoms with van der Waals surface area (Å²) >= 11 is 0. The summed E-state index contributed by atoms with van der Waals surface area (Å²) in [5.41, 5.74) is 1.30. The molecule has 2 atom stereocenters. The second-order valence-electron chi connectivity index (χ2n) is 6.30. The Bertz CT molecular complexity index is 848. The number of rotatable bonds is 4. The van der Waals surface area contributed by atoms with Gasteiger partial charge in [0, 0.05) is 35.8 Å². The Hall–Kier alpha value is -3.16. The molecule has 2 aromatic rings. The minimum absolute atomic E-state index is 0.00841. The number of halogens is 2. The molecule has 0 unspecified atom stereocenters. The van der Waals surface area contributed by atoms with Gasteiger partial charge in [0.05, 0.1) is 7.11 Å². The zero-order valence-corrected chi connectivity index (χ0v) is 14.8. The van der Waals surface area contributed by atoms with Crippen molar-refractivity contribution >= 4 is 17.6 Å². The molecular weight excluding hydrogens is 356 g/mol. The first-order valence-electron chi connectivity index (χ1n) is 8.34. The molecule has 1 saturated heterocycles. The summed E-state index contributed by atoms with van der Waals surface area (Å²) in [7, 11) is 1.30. The summed E-state index contributed by atoms with van der Waals surface area (Å²) < 4.78 is 33.6. The van der Waals surface area contributed by atoms with Crippen LogP contribution in [0.3, 0.4) is 0 Å². The first-order chi connectivity index (χ1) is 12.9. The van der Waals surface area contributed by atoms with Crippen LogP contribution in [0.2, 0.25) is 0 Å². The smallest absolute Gasteiger partial charge is 0.319 e. The van der Waals surface area contributed by atoms with Gasteiger partial charge in [-0.05, 0) is 19.1 Å². The van der Waals surface area contributed by atoms with Gasteiger partial charge in [0.2, 0.25) is 5.91 Å². The Kier molecular flexibility index (Phi) is 5.25. The van der Waals surface area contributed by atoms with Crippen molar-refractivity contribution in [2.45, 2.75) is 18.9 Å². The second kappa shape index (κ2) is 7.61. The molecule has 0 spiro atoms. The zero-order valence-electron chi connectivity index (χ0n) is 14.8. The maximum absolute atomic E-state index is 14.4. The van der Waals surface area contributed by atoms with Crippen LogP contribution in [0, 0.1) is 18.6 Å². The summed E-state index contributed by atoms with van der Waals surface area (Å²) in [5, 5.41) is 7.63. The van der Waals surface area contributed by atoms with Gasteiger partial charge in [-0.3, -0.25) is 4.79 Å². The number of ether oxygens (including phenoxy) is 1. The van der Waals surface area contributed by atoms with E-state index in [0.29, 0.717) is 5.69 Å². The van der Waals surface area contributed by atoms with Crippen LogP contribution in [-0.2, 0) is 4.79 Å². The summed E-state index contributed by atoms with van der Waals surface area (Å²) in [4.78, 5) is 24.3. The molecule has 142 valence electrons. The molecule has 1 aliphatic rings. The summed E-state index contributed by atoms with van der Waals surface area (Å²) in [6.45, 7) is 1.92. The van der Waals surface area contributed by atoms with Crippen molar-refractivity contribution < 1.29 is 23.1 Å². The van der Waals surface area contributed by atoms with Crippen molar-refractivity contribution in [3.05, 3.63) is 59.2 Å². The van der Waals surface area contributed by atoms with Gasteiger partial charge in [0.25, 0.3) is 0 Å². The molecule has 0 aromatic heterocycles. The van der Waals surface area contributed by atoms with Crippen LogP contribution in [-0.4, -0.2) is 31.6 Å². The summed E-state index contributed by atoms with van der Waals surface area (Å²) in [5.74, 6) is -3.02. The number of hydrogen-bond donors (Lipinski definition) is 3. The minimum Gasteiger partial charge on any atom is -0.497 e. The van der Waals surface area contributed by atoms with E-state index in [1.807, 2.05) is 19.1 Å². The lowest BCUT2D eigenvalue weighted by molar-refractivity contribution is -0.120. The van der Waals surface area contributed by atoms with E-state index in [2.05, 4.69) is 16.0 Å². The van der Waals surface area contributed by atoms with E-state index in [4.69, 9.17) is 4.74 Å². The van der Waals surface area contributed by atoms with Crippen molar-refractivity contribution in [3.8, 4) is 5.75 Å². The number of carbonyl (C=O) groups is 2. The normalized spacial score (nSPS) is 18.7. The molecule has 0 bridgehead atoms. The lowest BCUT2D eigenvalue weighted by Crippen LogP contribution is -2.45. The van der Waals surface area contributed by atoms with E-state index in [0.717, 1.165) is 17.7 Å². The summed E-state index contributed by atoms with van der Waals surface area (Å²) in [6, 6.07) is 7.42. The van der Waals surface area contributed by atoms with Gasteiger partial charge in [0.15, 0.2) is 0 Å². The fourth-order valence-corrected chi connectivity index (χ4v) is 3.03. The molecule has 1 aliphatic heterocycles. The molecule has 1 fully saturated rings. The number of anilines is 1. The molecule has 0 aliphatic carbocycles. The average molecular weight is 375 g/mol. The maximum atomic E-state index is 14.4. The van der Waals surface area contributed by atoms with Crippen LogP contribution in [0.5, 0.6) is 5.75 Å². The molecule has 3 amide bonds. The Morgan fingerprint density at radius 2 is 1.81 bits per heavy atom. The van der Waals surface area contributed by atoms with Crippen molar-refractivity contribution in [1.82, 2.24) is 10.6 Å². The number of hydrogen-bond acceptors (Lipinski definition) is 3. The van der Waals surface area contributed by atoms with E-state index in [9.17, 15) is 18.4 Å². The van der Waals surface area contributed by atoms with Crippen molar-refractivity contribution in [3.63, 3.8) is 0 Å². The van der Waals surface area contributed by atoms with E-state index < -0.39 is 35.5 Å². The Balaban J connectivity index is 1.78. The van der Waals surface area contributed by atoms with Crippen molar-refractivity contribution in [1.29, 1.82) is 0 Å². The van der Waals surface area contributed by atoms with Gasteiger partial charge in [-0.15, -0.1) is 0 Å². The molecule has 0 saturated carbocycles. The van der Waals surface area contributed by atoms with Crippen LogP contribution in [0.1, 0.15) is 17.0 Å². The van der Waals surface area contributed by atoms with Gasteiger partial charge in [0.1, 0.15) is 23.4 Å². The predicted octanol–water partition coefficient (Wildman–Crippen LogP) is 2.69. The van der Waals surface area contributed by atoms with Crippen LogP contribution < -0.4 is 20.7 Å². The number of methoxy groups -OCH3 is 1. The highest BCUT2D eigenvalue weighted by Gasteiger charge is 2.40. The first kappa shape index (κ1) is 18.6. The Morgan fingerprint density at radius 3 is 2.41 bits per heavy atom. The fraction of sp³-hybridized carbons (Fsp3) is 0.263. The highest BCUT2D eigenvalue weighted by molar-refractivity contribution is 5.95. The minimum atomic E-state index is -1.10. The largest absolute Gasteiger partial charge is 0.497 e. The number of urea groups is 1. The zero-order chi connectivity index (χ0) is 19.6. The molecule has 1 heterocycles. The third-order valence-electron chi connectivity index (χ3n) is 4.44. The molecule has 6 nitrogen and oxygen atoms in total. The lowest BCUT2D eigenvalue weighted by Gasteiger charge is -2.20. The number of amides is 3. The number of benzene rings is 2. The topological polar surface area (TPSA) is 79.5 Å². The van der Waals surface area contributed by atoms with Gasteiger partial charge < -0.3 is 20.7 Å². The maximum Gasteiger partial charge on any atom is 0.319 e. The fourth-order valence-electron chi connectivity index (χ4n) is 3.03. The molecule has 27 heavy (non-hydrogen) atoms. The van der Waals surface area contributed by atoms with Gasteiger partial charge >= 0.3 is 6.03 Å². The number of nitrogens with one attached hydrogen (secondary N) is 3. The number of aryl methyl sites for hydroxylation is 1. The standard InChI is InChI=1S/C19H19F2N3O3/c1-10-3-5-11(6-4-10)23-19(26)24-17-13(9-22-18(17)25)16-14(20)7-12(27-2)8-15(16)21/h3-8,13,17H,9H2,1-2H3,(H,22,25)(H2,23,24,26)/t13-,17-/m0/s1. The quantitative estimate of drug-likeness (QED) is 0.769. The third kappa shape index (κ3) is 3.99. The first-order valence-corrected chi connectivity index (χ1v) is 8.34. The lowest BCUT2D eigenvalue weighted by atomic mass is 9.93. The molecule has 3 rings (SSSR count). The van der Waals surface area contributed by atoms with E-state index >= 15 is 0 Å². The summed E-state index contributed by atoms with van der Waals surface area (Å²) in [6.07, 6.45) is 0. The predicted molar refractivity (Wildman–Crippen MR) is 95.8 cm³/mol. The van der Waals surface area contributed by atoms with Gasteiger partial charge in [-0.2, -0.15) is 0 Å². The Morgan fingerprint density at radius 1 is 1.19 bits per heavy atom. The highest BCUT2D eigenvalue weighted by atomic mass is 19.1. The van der Waals surface area contributed by atoms with Crippen molar-refractivity contribution in [2.75, 3.05) is 19.0 Å². The third-order valence-corrected chi connectivity index (χ3v) is 4.44. The van der Waals surface area contributed by atoms with Crippen LogP contribution in [0.15, 0.2) is 36.4 Å². The number of carbonyl (C=O) groups excluding carboxylic acids is 2. The highest BCUT2D eigenvalue weighted by Crippen LogP contribution is 2.31. The van der Waals surface area contributed by atoms with Gasteiger partial charge in [-0.1, -0.05) is 17.7 Å². The molecular formula is C19H19F2N3O3. The van der Waals surface area contributed by atoms with E-state index in [1.165, 1.54) is 7.11 Å². The van der Waals surface area contributed by atoms with Crippen molar-refractivity contribution in [2.24, 2.45) is 0 Å². The molecule has 3 N–H and O–H groups in total. The second-order valence-corrected chi connectivity index (χ2v) is 6.30. The van der Waals surface area contributed by atoms with Crippen LogP contribution in [0.4, 0.5) is 19.3 Å². The van der Waals surface area contributed by atoms with E-state index in [-0.39, 0.29) is 17.9 Å². The molecule has 0 radical (unpaired) electrons. The monoisotopic (exact) mass is 375 g/mol. The molecule has 8 heteroatoms. The van der Waals surface area contributed by atoms with Crippen LogP contribution in [0.25, 0.3) is 0 Å². The van der Waals surface area contributed by atoms with Crippen LogP contribution >= 0.6 is 0 Å². The average Bonchev–Trinajstić information content (AvgIpc) is 2.97. The van der Waals surface area contributed by atoms with E-state index in [1.54, 1.807) is 12.1 Å². The Labute approximate surface area is 154 Å². The SMILES string of the molecule is COc1cc(F)c([C@@H]2CNC(=O)[C@H]2NC(=O)Nc2ccc(C)cc2)c(F)c1. The van der Waals surface area contributed by atoms with Gasteiger partial charge in [-0.25, -0.2) is 13.6 Å².